The summed E-state index contributed by atoms with van der Waals surface area (Å²) in [5.41, 5.74) is 1.85. The van der Waals surface area contributed by atoms with Crippen molar-refractivity contribution in [3.05, 3.63) is 59.8 Å². The molecule has 0 spiro atoms. The van der Waals surface area contributed by atoms with Gasteiger partial charge in [0, 0.05) is 24.7 Å². The minimum atomic E-state index is -0.551. The van der Waals surface area contributed by atoms with E-state index in [1.165, 1.54) is 18.5 Å². The van der Waals surface area contributed by atoms with Gasteiger partial charge in [0.25, 0.3) is 0 Å². The molecule has 1 fully saturated rings. The second-order valence-corrected chi connectivity index (χ2v) is 10.3. The molecule has 0 unspecified atom stereocenters. The van der Waals surface area contributed by atoms with E-state index in [1.807, 2.05) is 20.8 Å². The van der Waals surface area contributed by atoms with Gasteiger partial charge in [-0.1, -0.05) is 29.8 Å². The van der Waals surface area contributed by atoms with Crippen LogP contribution < -0.4 is 10.2 Å². The zero-order valence-electron chi connectivity index (χ0n) is 20.8. The number of carbonyl (C=O) groups excluding carboxylic acids is 1. The molecular formula is C27H27ClFN5O3. The normalized spacial score (nSPS) is 14.7. The lowest BCUT2D eigenvalue weighted by Crippen LogP contribution is -2.46. The predicted molar refractivity (Wildman–Crippen MR) is 140 cm³/mol. The number of aromatic nitrogens is 3. The Morgan fingerprint density at radius 3 is 2.54 bits per heavy atom. The fraction of sp³-hybridized carbons (Fsp3) is 0.333. The van der Waals surface area contributed by atoms with Crippen LogP contribution in [0.1, 0.15) is 33.6 Å². The van der Waals surface area contributed by atoms with Crippen molar-refractivity contribution in [2.75, 3.05) is 18.0 Å². The first-order valence-corrected chi connectivity index (χ1v) is 12.5. The number of benzene rings is 1. The summed E-state index contributed by atoms with van der Waals surface area (Å²) in [6.45, 7) is 6.84. The molecule has 0 bridgehead atoms. The monoisotopic (exact) mass is 523 g/mol. The number of rotatable bonds is 4. The number of hydrogen-bond donors (Lipinski definition) is 1. The highest BCUT2D eigenvalue weighted by atomic mass is 35.5. The van der Waals surface area contributed by atoms with Crippen molar-refractivity contribution < 1.29 is 18.3 Å². The van der Waals surface area contributed by atoms with Crippen molar-refractivity contribution in [3.8, 4) is 22.6 Å². The van der Waals surface area contributed by atoms with E-state index in [1.54, 1.807) is 30.3 Å². The molecular weight excluding hydrogens is 497 g/mol. The number of amides is 1. The molecule has 1 aliphatic heterocycles. The number of nitrogens with zero attached hydrogens (tertiary/aromatic N) is 4. The number of fused-ring (bicyclic) bond motifs is 1. The van der Waals surface area contributed by atoms with Gasteiger partial charge in [0.1, 0.15) is 34.4 Å². The van der Waals surface area contributed by atoms with Gasteiger partial charge in [-0.25, -0.2) is 24.1 Å². The third-order valence-electron chi connectivity index (χ3n) is 6.06. The number of alkyl carbamates (subject to hydrolysis) is 1. The topological polar surface area (TPSA) is 93.4 Å². The summed E-state index contributed by atoms with van der Waals surface area (Å²) in [5.74, 6) is 0.847. The smallest absolute Gasteiger partial charge is 0.407 e. The molecule has 192 valence electrons. The van der Waals surface area contributed by atoms with Crippen LogP contribution in [0.4, 0.5) is 15.0 Å². The molecule has 0 radical (unpaired) electrons. The number of pyridine rings is 1. The summed E-state index contributed by atoms with van der Waals surface area (Å²) in [4.78, 5) is 27.8. The number of anilines is 1. The number of carbonyl (C=O) groups is 1. The molecule has 1 saturated heterocycles. The Bertz CT molecular complexity index is 1430. The lowest BCUT2D eigenvalue weighted by Gasteiger charge is -2.33. The van der Waals surface area contributed by atoms with E-state index >= 15 is 0 Å². The summed E-state index contributed by atoms with van der Waals surface area (Å²) in [5, 5.41) is 4.00. The first-order chi connectivity index (χ1) is 17.7. The quantitative estimate of drug-likeness (QED) is 0.316. The summed E-state index contributed by atoms with van der Waals surface area (Å²) in [6, 6.07) is 11.5. The van der Waals surface area contributed by atoms with Crippen LogP contribution in [0, 0.1) is 5.82 Å². The standard InChI is InChI=1S/C27H27ClFN5O3/c1-27(2,3)37-26(35)32-18-11-13-34(14-12-18)24-22-21(16-7-9-17(29)10-8-16)23(36-25(22)31-15-30-24)19-5-4-6-20(28)33-19/h4-10,15,18H,11-14H2,1-3H3,(H,32,35). The molecule has 0 atom stereocenters. The first kappa shape index (κ1) is 25.0. The van der Waals surface area contributed by atoms with Gasteiger partial charge in [0.05, 0.1) is 5.39 Å². The van der Waals surface area contributed by atoms with Crippen molar-refractivity contribution in [2.24, 2.45) is 0 Å². The summed E-state index contributed by atoms with van der Waals surface area (Å²) in [7, 11) is 0. The average Bonchev–Trinajstić information content (AvgIpc) is 3.24. The fourth-order valence-electron chi connectivity index (χ4n) is 4.47. The third-order valence-corrected chi connectivity index (χ3v) is 6.27. The van der Waals surface area contributed by atoms with Crippen molar-refractivity contribution >= 4 is 34.6 Å². The number of furan rings is 1. The Labute approximate surface area is 218 Å². The molecule has 1 N–H and O–H groups in total. The van der Waals surface area contributed by atoms with E-state index < -0.39 is 11.7 Å². The van der Waals surface area contributed by atoms with Crippen molar-refractivity contribution in [1.29, 1.82) is 0 Å². The number of ether oxygens (including phenoxy) is 1. The SMILES string of the molecule is CC(C)(C)OC(=O)NC1CCN(c2ncnc3oc(-c4cccc(Cl)n4)c(-c4ccc(F)cc4)c23)CC1. The van der Waals surface area contributed by atoms with E-state index in [0.29, 0.717) is 46.6 Å². The molecule has 4 heterocycles. The zero-order chi connectivity index (χ0) is 26.2. The van der Waals surface area contributed by atoms with Crippen molar-refractivity contribution in [3.63, 3.8) is 0 Å². The summed E-state index contributed by atoms with van der Waals surface area (Å²) in [6.07, 6.45) is 2.49. The van der Waals surface area contributed by atoms with Crippen molar-refractivity contribution in [1.82, 2.24) is 20.3 Å². The lowest BCUT2D eigenvalue weighted by molar-refractivity contribution is 0.0497. The maximum Gasteiger partial charge on any atom is 0.407 e. The zero-order valence-corrected chi connectivity index (χ0v) is 21.6. The first-order valence-electron chi connectivity index (χ1n) is 12.1. The Hall–Kier alpha value is -3.72. The molecule has 1 aromatic carbocycles. The van der Waals surface area contributed by atoms with Gasteiger partial charge >= 0.3 is 6.09 Å². The minimum Gasteiger partial charge on any atom is -0.444 e. The Kier molecular flexibility index (Phi) is 6.72. The van der Waals surface area contributed by atoms with Crippen LogP contribution in [-0.2, 0) is 4.74 Å². The highest BCUT2D eigenvalue weighted by Crippen LogP contribution is 2.43. The molecule has 1 amide bonds. The predicted octanol–water partition coefficient (Wildman–Crippen LogP) is 6.24. The molecule has 0 aliphatic carbocycles. The Morgan fingerprint density at radius 2 is 1.86 bits per heavy atom. The summed E-state index contributed by atoms with van der Waals surface area (Å²) >= 11 is 6.17. The van der Waals surface area contributed by atoms with Gasteiger partial charge in [-0.3, -0.25) is 0 Å². The maximum absolute atomic E-state index is 13.8. The molecule has 37 heavy (non-hydrogen) atoms. The third kappa shape index (κ3) is 5.51. The number of piperidine rings is 1. The van der Waals surface area contributed by atoms with Crippen LogP contribution in [0.25, 0.3) is 33.7 Å². The fourth-order valence-corrected chi connectivity index (χ4v) is 4.64. The molecule has 10 heteroatoms. The van der Waals surface area contributed by atoms with E-state index in [9.17, 15) is 9.18 Å². The van der Waals surface area contributed by atoms with E-state index in [2.05, 4.69) is 25.2 Å². The largest absolute Gasteiger partial charge is 0.444 e. The molecule has 4 aromatic rings. The maximum atomic E-state index is 13.8. The molecule has 3 aromatic heterocycles. The van der Waals surface area contributed by atoms with Crippen LogP contribution in [0.15, 0.2) is 53.2 Å². The van der Waals surface area contributed by atoms with Gasteiger partial charge in [-0.2, -0.15) is 0 Å². The molecule has 5 rings (SSSR count). The van der Waals surface area contributed by atoms with Crippen molar-refractivity contribution in [2.45, 2.75) is 45.3 Å². The van der Waals surface area contributed by atoms with Crippen LogP contribution in [-0.4, -0.2) is 45.8 Å². The van der Waals surface area contributed by atoms with Crippen LogP contribution in [0.2, 0.25) is 5.15 Å². The van der Waals surface area contributed by atoms with Gasteiger partial charge in [0.2, 0.25) is 5.71 Å². The second-order valence-electron chi connectivity index (χ2n) is 9.94. The number of halogens is 2. The lowest BCUT2D eigenvalue weighted by atomic mass is 10.00. The Morgan fingerprint density at radius 1 is 1.14 bits per heavy atom. The molecule has 8 nitrogen and oxygen atoms in total. The van der Waals surface area contributed by atoms with Crippen LogP contribution in [0.5, 0.6) is 0 Å². The number of nitrogens with one attached hydrogen (secondary N) is 1. The van der Waals surface area contributed by atoms with E-state index in [0.717, 1.165) is 24.0 Å². The van der Waals surface area contributed by atoms with Gasteiger partial charge in [0.15, 0.2) is 5.76 Å². The molecule has 0 saturated carbocycles. The van der Waals surface area contributed by atoms with E-state index in [-0.39, 0.29) is 11.9 Å². The highest BCUT2D eigenvalue weighted by molar-refractivity contribution is 6.29. The van der Waals surface area contributed by atoms with Crippen LogP contribution in [0.3, 0.4) is 0 Å². The Balaban J connectivity index is 1.50. The summed E-state index contributed by atoms with van der Waals surface area (Å²) < 4.78 is 25.4. The molecule has 1 aliphatic rings. The van der Waals surface area contributed by atoms with Gasteiger partial charge < -0.3 is 19.4 Å². The average molecular weight is 524 g/mol. The van der Waals surface area contributed by atoms with E-state index in [4.69, 9.17) is 20.8 Å². The van der Waals surface area contributed by atoms with Gasteiger partial charge in [-0.05, 0) is 63.4 Å². The highest BCUT2D eigenvalue weighted by Gasteiger charge is 2.29. The second kappa shape index (κ2) is 9.97. The van der Waals surface area contributed by atoms with Gasteiger partial charge in [-0.15, -0.1) is 0 Å². The van der Waals surface area contributed by atoms with Crippen LogP contribution >= 0.6 is 11.6 Å². The number of hydrogen-bond acceptors (Lipinski definition) is 7. The minimum absolute atomic E-state index is 0.00410.